The van der Waals surface area contributed by atoms with Crippen LogP contribution in [0.5, 0.6) is 0 Å². The fourth-order valence-corrected chi connectivity index (χ4v) is 3.30. The highest BCUT2D eigenvalue weighted by Crippen LogP contribution is 2.33. The predicted octanol–water partition coefficient (Wildman–Crippen LogP) is 1.63. The molecular formula is C16H21N3O. The zero-order valence-electron chi connectivity index (χ0n) is 12.1. The van der Waals surface area contributed by atoms with E-state index in [2.05, 4.69) is 41.9 Å². The van der Waals surface area contributed by atoms with Crippen LogP contribution in [0.1, 0.15) is 23.5 Å². The molecule has 4 heteroatoms. The molecule has 1 aromatic carbocycles. The summed E-state index contributed by atoms with van der Waals surface area (Å²) in [5.74, 6) is 0.315. The number of nitrogens with zero attached hydrogens (tertiary/aromatic N) is 2. The molecule has 106 valence electrons. The minimum atomic E-state index is -0.276. The molecule has 0 saturated carbocycles. The van der Waals surface area contributed by atoms with E-state index in [-0.39, 0.29) is 5.91 Å². The first-order chi connectivity index (χ1) is 9.54. The normalized spacial score (nSPS) is 19.8. The number of carbonyl (C=O) groups is 1. The molecule has 0 spiro atoms. The molecule has 1 saturated heterocycles. The molecule has 1 aromatic heterocycles. The van der Waals surface area contributed by atoms with E-state index in [1.165, 1.54) is 22.9 Å². The molecule has 3 rings (SSSR count). The lowest BCUT2D eigenvalue weighted by Crippen LogP contribution is -2.13. The number of aryl methyl sites for hydroxylation is 1. The minimum Gasteiger partial charge on any atom is -0.369 e. The van der Waals surface area contributed by atoms with Gasteiger partial charge in [-0.05, 0) is 49.2 Å². The third-order valence-corrected chi connectivity index (χ3v) is 4.29. The van der Waals surface area contributed by atoms with Gasteiger partial charge in [0.2, 0.25) is 5.91 Å². The van der Waals surface area contributed by atoms with Gasteiger partial charge in [-0.3, -0.25) is 4.79 Å². The van der Waals surface area contributed by atoms with Gasteiger partial charge in [0.15, 0.2) is 0 Å². The molecule has 1 aliphatic heterocycles. The maximum atomic E-state index is 11.1. The number of benzene rings is 1. The molecule has 0 aliphatic carbocycles. The Bertz CT molecular complexity index is 659. The van der Waals surface area contributed by atoms with Crippen molar-refractivity contribution in [2.75, 3.05) is 20.1 Å². The molecule has 0 bridgehead atoms. The first-order valence-corrected chi connectivity index (χ1v) is 7.09. The highest BCUT2D eigenvalue weighted by atomic mass is 16.1. The number of nitrogens with two attached hydrogens (primary N) is 1. The summed E-state index contributed by atoms with van der Waals surface area (Å²) in [6.45, 7) is 2.27. The molecule has 1 unspecified atom stereocenters. The fourth-order valence-electron chi connectivity index (χ4n) is 3.30. The fraction of sp³-hybridized carbons (Fsp3) is 0.438. The van der Waals surface area contributed by atoms with Crippen LogP contribution in [0.15, 0.2) is 24.4 Å². The Morgan fingerprint density at radius 2 is 2.20 bits per heavy atom. The van der Waals surface area contributed by atoms with Crippen molar-refractivity contribution in [1.29, 1.82) is 0 Å². The Morgan fingerprint density at radius 3 is 2.85 bits per heavy atom. The van der Waals surface area contributed by atoms with Gasteiger partial charge in [-0.2, -0.15) is 0 Å². The number of hydrogen-bond acceptors (Lipinski definition) is 2. The second-order valence-electron chi connectivity index (χ2n) is 5.94. The van der Waals surface area contributed by atoms with Crippen LogP contribution in [0, 0.1) is 0 Å². The van der Waals surface area contributed by atoms with Gasteiger partial charge in [0.05, 0.1) is 6.42 Å². The van der Waals surface area contributed by atoms with Crippen LogP contribution in [0.4, 0.5) is 0 Å². The summed E-state index contributed by atoms with van der Waals surface area (Å²) in [6.07, 6.45) is 3.76. The van der Waals surface area contributed by atoms with E-state index >= 15 is 0 Å². The highest BCUT2D eigenvalue weighted by molar-refractivity contribution is 5.87. The highest BCUT2D eigenvalue weighted by Gasteiger charge is 2.24. The van der Waals surface area contributed by atoms with Gasteiger partial charge in [-0.25, -0.2) is 0 Å². The molecule has 2 aromatic rings. The summed E-state index contributed by atoms with van der Waals surface area (Å²) in [6, 6.07) is 6.22. The standard InChI is InChI=1S/C16H21N3O/c1-18-6-5-12(9-18)14-10-19(2)15-4-3-11(7-13(14)15)8-16(17)20/h3-4,7,10,12H,5-6,8-9H2,1-2H3,(H2,17,20). The van der Waals surface area contributed by atoms with Crippen molar-refractivity contribution in [3.63, 3.8) is 0 Å². The zero-order chi connectivity index (χ0) is 14.3. The average Bonchev–Trinajstić information content (AvgIpc) is 2.93. The van der Waals surface area contributed by atoms with Crippen molar-refractivity contribution in [2.24, 2.45) is 12.8 Å². The van der Waals surface area contributed by atoms with Crippen LogP contribution in [0.2, 0.25) is 0 Å². The van der Waals surface area contributed by atoms with Crippen LogP contribution in [0.25, 0.3) is 10.9 Å². The zero-order valence-corrected chi connectivity index (χ0v) is 12.1. The molecule has 2 heterocycles. The molecule has 2 N–H and O–H groups in total. The van der Waals surface area contributed by atoms with Gasteiger partial charge in [0.25, 0.3) is 0 Å². The van der Waals surface area contributed by atoms with E-state index in [1.54, 1.807) is 0 Å². The van der Waals surface area contributed by atoms with Gasteiger partial charge in [-0.1, -0.05) is 6.07 Å². The topological polar surface area (TPSA) is 51.3 Å². The molecule has 0 radical (unpaired) electrons. The largest absolute Gasteiger partial charge is 0.369 e. The van der Waals surface area contributed by atoms with Crippen LogP contribution in [0.3, 0.4) is 0 Å². The lowest BCUT2D eigenvalue weighted by atomic mass is 9.96. The van der Waals surface area contributed by atoms with E-state index in [1.807, 2.05) is 6.07 Å². The Balaban J connectivity index is 2.05. The predicted molar refractivity (Wildman–Crippen MR) is 80.7 cm³/mol. The van der Waals surface area contributed by atoms with Gasteiger partial charge in [0, 0.05) is 30.7 Å². The number of aromatic nitrogens is 1. The molecule has 1 fully saturated rings. The summed E-state index contributed by atoms with van der Waals surface area (Å²) >= 11 is 0. The van der Waals surface area contributed by atoms with Crippen molar-refractivity contribution < 1.29 is 4.79 Å². The van der Waals surface area contributed by atoms with Gasteiger partial charge in [-0.15, -0.1) is 0 Å². The molecule has 1 atom stereocenters. The number of carbonyl (C=O) groups excluding carboxylic acids is 1. The molecule has 20 heavy (non-hydrogen) atoms. The second-order valence-corrected chi connectivity index (χ2v) is 5.94. The van der Waals surface area contributed by atoms with Crippen LogP contribution in [-0.4, -0.2) is 35.5 Å². The van der Waals surface area contributed by atoms with Gasteiger partial charge in [0.1, 0.15) is 0 Å². The van der Waals surface area contributed by atoms with Gasteiger partial charge >= 0.3 is 0 Å². The number of rotatable bonds is 3. The molecular weight excluding hydrogens is 250 g/mol. The van der Waals surface area contributed by atoms with Crippen LogP contribution >= 0.6 is 0 Å². The first-order valence-electron chi connectivity index (χ1n) is 7.09. The smallest absolute Gasteiger partial charge is 0.221 e. The summed E-state index contributed by atoms with van der Waals surface area (Å²) in [7, 11) is 4.25. The van der Waals surface area contributed by atoms with E-state index in [9.17, 15) is 4.79 Å². The number of fused-ring (bicyclic) bond motifs is 1. The molecule has 1 amide bonds. The Labute approximate surface area is 119 Å². The Kier molecular flexibility index (Phi) is 3.26. The second kappa shape index (κ2) is 4.94. The third kappa shape index (κ3) is 2.31. The monoisotopic (exact) mass is 271 g/mol. The number of likely N-dealkylation sites (tertiary alicyclic amines) is 1. The van der Waals surface area contributed by atoms with Crippen molar-refractivity contribution in [3.05, 3.63) is 35.5 Å². The van der Waals surface area contributed by atoms with Gasteiger partial charge < -0.3 is 15.2 Å². The van der Waals surface area contributed by atoms with E-state index in [0.717, 1.165) is 18.7 Å². The number of hydrogen-bond donors (Lipinski definition) is 1. The van der Waals surface area contributed by atoms with Crippen molar-refractivity contribution in [1.82, 2.24) is 9.47 Å². The third-order valence-electron chi connectivity index (χ3n) is 4.29. The van der Waals surface area contributed by atoms with E-state index in [4.69, 9.17) is 5.73 Å². The Morgan fingerprint density at radius 1 is 1.40 bits per heavy atom. The Hall–Kier alpha value is -1.81. The maximum Gasteiger partial charge on any atom is 0.221 e. The lowest BCUT2D eigenvalue weighted by molar-refractivity contribution is -0.117. The SMILES string of the molecule is CN1CCC(c2cn(C)c3ccc(CC(N)=O)cc23)C1. The summed E-state index contributed by atoms with van der Waals surface area (Å²) in [5.41, 5.74) is 8.93. The summed E-state index contributed by atoms with van der Waals surface area (Å²) in [5, 5.41) is 1.27. The van der Waals surface area contributed by atoms with Crippen molar-refractivity contribution in [2.45, 2.75) is 18.8 Å². The quantitative estimate of drug-likeness (QED) is 0.922. The molecule has 1 aliphatic rings. The average molecular weight is 271 g/mol. The first kappa shape index (κ1) is 13.2. The summed E-state index contributed by atoms with van der Waals surface area (Å²) in [4.78, 5) is 13.5. The summed E-state index contributed by atoms with van der Waals surface area (Å²) < 4.78 is 2.18. The number of likely N-dealkylation sites (N-methyl/N-ethyl adjacent to an activating group) is 1. The van der Waals surface area contributed by atoms with E-state index in [0.29, 0.717) is 12.3 Å². The minimum absolute atomic E-state index is 0.276. The van der Waals surface area contributed by atoms with Crippen LogP contribution in [-0.2, 0) is 18.3 Å². The van der Waals surface area contributed by atoms with Crippen molar-refractivity contribution >= 4 is 16.8 Å². The van der Waals surface area contributed by atoms with E-state index < -0.39 is 0 Å². The van der Waals surface area contributed by atoms with Crippen molar-refractivity contribution in [3.8, 4) is 0 Å². The molecule has 4 nitrogen and oxygen atoms in total. The lowest BCUT2D eigenvalue weighted by Gasteiger charge is -2.09. The maximum absolute atomic E-state index is 11.1. The van der Waals surface area contributed by atoms with Crippen LogP contribution < -0.4 is 5.73 Å². The number of amides is 1. The number of primary amides is 1.